The van der Waals surface area contributed by atoms with Crippen molar-refractivity contribution in [1.29, 1.82) is 0 Å². The number of thioether (sulfide) groups is 2. The molecular weight excluding hydrogens is 626 g/mol. The average molecular weight is 660 g/mol. The van der Waals surface area contributed by atoms with E-state index in [0.29, 0.717) is 6.61 Å². The van der Waals surface area contributed by atoms with Crippen LogP contribution >= 0.6 is 56.7 Å². The quantitative estimate of drug-likeness (QED) is 0.0365. The van der Waals surface area contributed by atoms with Crippen LogP contribution in [0.3, 0.4) is 0 Å². The Balaban J connectivity index is 2.82. The molecule has 0 spiro atoms. The first-order valence-electron chi connectivity index (χ1n) is 11.2. The third-order valence-electron chi connectivity index (χ3n) is 4.30. The third-order valence-corrected chi connectivity index (χ3v) is 12.5. The average Bonchev–Trinajstić information content (AvgIpc) is 2.78. The number of rotatable bonds is 21. The molecule has 2 unspecified atom stereocenters. The summed E-state index contributed by atoms with van der Waals surface area (Å²) in [6.45, 7) is 0.592. The Bertz CT molecular complexity index is 936. The van der Waals surface area contributed by atoms with Gasteiger partial charge in [0.05, 0.1) is 18.1 Å². The van der Waals surface area contributed by atoms with Crippen molar-refractivity contribution in [3.63, 3.8) is 0 Å². The van der Waals surface area contributed by atoms with Gasteiger partial charge in [0.1, 0.15) is 0 Å². The molecule has 0 aliphatic heterocycles. The highest BCUT2D eigenvalue weighted by Gasteiger charge is 2.18. The van der Waals surface area contributed by atoms with Gasteiger partial charge in [-0.1, -0.05) is 23.5 Å². The fourth-order valence-corrected chi connectivity index (χ4v) is 9.89. The maximum atomic E-state index is 11.1. The molecule has 0 radical (unpaired) electrons. The molecule has 1 aromatic heterocycles. The number of hydrogen-bond donors (Lipinski definition) is 6. The minimum atomic E-state index is -4.19. The lowest BCUT2D eigenvalue weighted by Crippen LogP contribution is -2.18. The minimum Gasteiger partial charge on any atom is -0.463 e. The molecule has 0 aromatic carbocycles. The fraction of sp³-hybridized carbons (Fsp3) is 0.833. The summed E-state index contributed by atoms with van der Waals surface area (Å²) in [5, 5.41) is 17.3. The normalized spacial score (nSPS) is 14.1. The monoisotopic (exact) mass is 659 g/mol. The number of aliphatic hydroxyl groups excluding tert-OH is 2. The molecule has 0 aliphatic carbocycles. The predicted octanol–water partition coefficient (Wildman–Crippen LogP) is 1.44. The Morgan fingerprint density at radius 3 is 1.62 bits per heavy atom. The summed E-state index contributed by atoms with van der Waals surface area (Å²) >= 11 is 10.5. The first-order chi connectivity index (χ1) is 17.3. The standard InChI is InChI=1S/C18H34N3O9PS6/c22-4-1-7-31(8-2-5-23)9-3-6-30-16-19-17(34-10-14(32)12-36(24,25)26)21-18(20-16)35-11-15(33)13-37(27,28)29/h14-15,22-23,32-33H,1-13H2,(H,24,25,26)(H,27,28,29). The van der Waals surface area contributed by atoms with E-state index >= 15 is 0 Å². The number of ether oxygens (including phenoxy) is 1. The Kier molecular flexibility index (Phi) is 17.9. The molecular formula is C18H34N3O9PS6. The topological polar surface area (TPSA) is 197 Å². The predicted molar refractivity (Wildman–Crippen MR) is 155 cm³/mol. The van der Waals surface area contributed by atoms with Crippen LogP contribution in [-0.4, -0.2) is 123 Å². The van der Waals surface area contributed by atoms with E-state index in [-0.39, 0.29) is 49.0 Å². The Morgan fingerprint density at radius 2 is 1.22 bits per heavy atom. The number of aliphatic hydroxyl groups is 2. The zero-order valence-corrected chi connectivity index (χ0v) is 25.9. The van der Waals surface area contributed by atoms with E-state index in [2.05, 4.69) is 40.2 Å². The van der Waals surface area contributed by atoms with Gasteiger partial charge in [-0.2, -0.15) is 57.0 Å². The molecule has 0 saturated heterocycles. The van der Waals surface area contributed by atoms with Gasteiger partial charge in [-0.05, 0) is 37.7 Å². The molecule has 2 atom stereocenters. The van der Waals surface area contributed by atoms with Crippen molar-refractivity contribution in [3.8, 4) is 6.01 Å². The van der Waals surface area contributed by atoms with Gasteiger partial charge < -0.3 is 14.9 Å². The lowest BCUT2D eigenvalue weighted by atomic mass is 10.5. The summed E-state index contributed by atoms with van der Waals surface area (Å²) in [6.07, 6.45) is 4.90. The summed E-state index contributed by atoms with van der Waals surface area (Å²) in [5.41, 5.74) is 0. The van der Waals surface area contributed by atoms with Crippen molar-refractivity contribution in [2.75, 3.05) is 61.3 Å². The maximum Gasteiger partial charge on any atom is 0.321 e. The lowest BCUT2D eigenvalue weighted by molar-refractivity contribution is 0.284. The fourth-order valence-electron chi connectivity index (χ4n) is 2.81. The minimum absolute atomic E-state index is 0.0473. The lowest BCUT2D eigenvalue weighted by Gasteiger charge is -2.17. The second-order valence-electron chi connectivity index (χ2n) is 7.81. The summed E-state index contributed by atoms with van der Waals surface area (Å²) < 4.78 is 68.0. The number of aromatic nitrogens is 3. The van der Waals surface area contributed by atoms with E-state index in [1.165, 1.54) is 0 Å². The molecule has 37 heavy (non-hydrogen) atoms. The van der Waals surface area contributed by atoms with Gasteiger partial charge >= 0.3 is 6.01 Å². The van der Waals surface area contributed by atoms with Crippen LogP contribution in [0.2, 0.25) is 0 Å². The van der Waals surface area contributed by atoms with Crippen LogP contribution in [-0.2, 0) is 20.2 Å². The Labute approximate surface area is 239 Å². The Hall–Kier alpha value is 0.380. The van der Waals surface area contributed by atoms with Crippen LogP contribution in [0.15, 0.2) is 10.3 Å². The summed E-state index contributed by atoms with van der Waals surface area (Å²) in [5.74, 6) is -0.722. The van der Waals surface area contributed by atoms with Crippen LogP contribution in [0.4, 0.5) is 0 Å². The zero-order valence-electron chi connectivity index (χ0n) is 20.0. The van der Waals surface area contributed by atoms with E-state index in [1.807, 2.05) is 0 Å². The van der Waals surface area contributed by atoms with Gasteiger partial charge in [0.15, 0.2) is 10.3 Å². The summed E-state index contributed by atoms with van der Waals surface area (Å²) in [4.78, 5) is 12.8. The second kappa shape index (κ2) is 18.7. The summed E-state index contributed by atoms with van der Waals surface area (Å²) in [6, 6.07) is 0.0473. The Morgan fingerprint density at radius 1 is 0.784 bits per heavy atom. The smallest absolute Gasteiger partial charge is 0.321 e. The van der Waals surface area contributed by atoms with Gasteiger partial charge in [-0.3, -0.25) is 9.11 Å². The van der Waals surface area contributed by atoms with Crippen LogP contribution < -0.4 is 4.74 Å². The molecule has 12 nitrogen and oxygen atoms in total. The zero-order chi connectivity index (χ0) is 27.9. The van der Waals surface area contributed by atoms with Gasteiger partial charge in [0, 0.05) is 35.2 Å². The van der Waals surface area contributed by atoms with E-state index in [4.69, 9.17) is 24.1 Å². The van der Waals surface area contributed by atoms with Crippen LogP contribution in [0.1, 0.15) is 19.3 Å². The van der Waals surface area contributed by atoms with E-state index in [0.717, 1.165) is 61.3 Å². The molecule has 0 amide bonds. The molecule has 0 aliphatic rings. The van der Waals surface area contributed by atoms with Gasteiger partial charge in [0.25, 0.3) is 20.2 Å². The molecule has 1 aromatic rings. The van der Waals surface area contributed by atoms with Crippen molar-refractivity contribution in [3.05, 3.63) is 0 Å². The van der Waals surface area contributed by atoms with Crippen molar-refractivity contribution in [1.82, 2.24) is 15.0 Å². The highest BCUT2D eigenvalue weighted by Crippen LogP contribution is 2.37. The third kappa shape index (κ3) is 19.2. The second-order valence-corrected chi connectivity index (χ2v) is 16.9. The summed E-state index contributed by atoms with van der Waals surface area (Å²) in [7, 11) is -8.71. The van der Waals surface area contributed by atoms with Crippen LogP contribution in [0.25, 0.3) is 0 Å². The number of thiol groups is 2. The first-order valence-corrected chi connectivity index (χ1v) is 19.3. The van der Waals surface area contributed by atoms with E-state index in [9.17, 15) is 16.8 Å². The number of nitrogens with zero attached hydrogens (tertiary/aromatic N) is 3. The molecule has 4 N–H and O–H groups in total. The van der Waals surface area contributed by atoms with Crippen molar-refractivity contribution in [2.45, 2.75) is 40.1 Å². The van der Waals surface area contributed by atoms with Crippen molar-refractivity contribution < 1.29 is 40.9 Å². The molecule has 0 saturated carbocycles. The van der Waals surface area contributed by atoms with E-state index in [1.54, 1.807) is 0 Å². The molecule has 0 fully saturated rings. The van der Waals surface area contributed by atoms with Gasteiger partial charge in [-0.15, -0.1) is 7.92 Å². The molecule has 1 rings (SSSR count). The highest BCUT2D eigenvalue weighted by atomic mass is 32.2. The van der Waals surface area contributed by atoms with Crippen molar-refractivity contribution in [2.24, 2.45) is 0 Å². The van der Waals surface area contributed by atoms with Gasteiger partial charge in [0.2, 0.25) is 0 Å². The molecule has 19 heteroatoms. The van der Waals surface area contributed by atoms with Crippen molar-refractivity contribution >= 4 is 76.9 Å². The first kappa shape index (κ1) is 35.4. The largest absolute Gasteiger partial charge is 0.463 e. The molecule has 216 valence electrons. The molecule has 1 heterocycles. The van der Waals surface area contributed by atoms with Crippen LogP contribution in [0, 0.1) is 0 Å². The highest BCUT2D eigenvalue weighted by molar-refractivity contribution is 8.00. The SMILES string of the molecule is O=S(=O)(O)CC(S)CSc1nc(OCCCP(CCCO)CCCO)nc(SCC(S)CS(=O)(=O)O)n1. The maximum absolute atomic E-state index is 11.1. The van der Waals surface area contributed by atoms with E-state index < -0.39 is 42.2 Å². The number of hydrogen-bond acceptors (Lipinski definition) is 14. The van der Waals surface area contributed by atoms with Crippen LogP contribution in [0.5, 0.6) is 6.01 Å². The molecule has 0 bridgehead atoms. The van der Waals surface area contributed by atoms with Gasteiger partial charge in [-0.25, -0.2) is 0 Å².